The fraction of sp³-hybridized carbons (Fsp3) is 0.111. The number of nitrogens with zero attached hydrogens (tertiary/aromatic N) is 2. The second-order valence-corrected chi connectivity index (χ2v) is 6.05. The lowest BCUT2D eigenvalue weighted by molar-refractivity contribution is 1.06. The van der Waals surface area contributed by atoms with Crippen molar-refractivity contribution in [3.8, 4) is 0 Å². The molecular weight excluding hydrogens is 352 g/mol. The normalized spacial score (nSPS) is 10.3. The lowest BCUT2D eigenvalue weighted by atomic mass is 10.2. The molecule has 1 heterocycles. The van der Waals surface area contributed by atoms with E-state index in [1.807, 2.05) is 36.4 Å². The van der Waals surface area contributed by atoms with E-state index in [0.29, 0.717) is 12.5 Å². The van der Waals surface area contributed by atoms with Gasteiger partial charge in [0.2, 0.25) is 5.95 Å². The van der Waals surface area contributed by atoms with E-state index < -0.39 is 0 Å². The van der Waals surface area contributed by atoms with Gasteiger partial charge in [0.25, 0.3) is 0 Å². The van der Waals surface area contributed by atoms with Gasteiger partial charge in [-0.15, -0.1) is 0 Å². The zero-order valence-corrected chi connectivity index (χ0v) is 14.3. The first-order valence-corrected chi connectivity index (χ1v) is 8.14. The Labute approximate surface area is 144 Å². The van der Waals surface area contributed by atoms with Gasteiger partial charge < -0.3 is 10.6 Å². The second kappa shape index (κ2) is 7.24. The molecule has 0 radical (unpaired) electrons. The Hall–Kier alpha value is -2.40. The molecule has 0 aliphatic carbocycles. The summed E-state index contributed by atoms with van der Waals surface area (Å²) < 4.78 is 1.07. The number of rotatable bonds is 5. The van der Waals surface area contributed by atoms with Gasteiger partial charge in [-0.3, -0.25) is 0 Å². The number of halogens is 1. The number of aromatic nitrogens is 2. The molecule has 3 aromatic rings. The Morgan fingerprint density at radius 1 is 1.04 bits per heavy atom. The van der Waals surface area contributed by atoms with Crippen LogP contribution in [0.3, 0.4) is 0 Å². The molecule has 0 saturated carbocycles. The van der Waals surface area contributed by atoms with Crippen LogP contribution in [0.4, 0.5) is 17.5 Å². The van der Waals surface area contributed by atoms with E-state index in [1.54, 1.807) is 6.20 Å². The molecule has 116 valence electrons. The Morgan fingerprint density at radius 3 is 2.65 bits per heavy atom. The predicted molar refractivity (Wildman–Crippen MR) is 98.0 cm³/mol. The standard InChI is InChI=1S/C18H17BrN4/c1-13-7-8-15(11-16(13)19)22-17-9-10-20-18(23-17)21-12-14-5-3-2-4-6-14/h2-11H,12H2,1H3,(H2,20,21,22,23). The molecular formula is C18H17BrN4. The van der Waals surface area contributed by atoms with Crippen molar-refractivity contribution in [2.24, 2.45) is 0 Å². The molecule has 2 N–H and O–H groups in total. The van der Waals surface area contributed by atoms with Crippen LogP contribution in [-0.4, -0.2) is 9.97 Å². The van der Waals surface area contributed by atoms with Gasteiger partial charge >= 0.3 is 0 Å². The third-order valence-corrected chi connectivity index (χ3v) is 4.25. The highest BCUT2D eigenvalue weighted by atomic mass is 79.9. The predicted octanol–water partition coefficient (Wildman–Crippen LogP) is 4.90. The first kappa shape index (κ1) is 15.5. The molecule has 1 aromatic heterocycles. The molecule has 2 aromatic carbocycles. The maximum absolute atomic E-state index is 4.49. The van der Waals surface area contributed by atoms with Crippen LogP contribution in [0.25, 0.3) is 0 Å². The molecule has 0 saturated heterocycles. The van der Waals surface area contributed by atoms with Crippen molar-refractivity contribution in [3.05, 3.63) is 76.4 Å². The maximum Gasteiger partial charge on any atom is 0.224 e. The van der Waals surface area contributed by atoms with E-state index in [0.717, 1.165) is 16.0 Å². The van der Waals surface area contributed by atoms with Crippen LogP contribution in [-0.2, 0) is 6.54 Å². The Bertz CT molecular complexity index is 790. The van der Waals surface area contributed by atoms with Gasteiger partial charge in [0, 0.05) is 22.9 Å². The summed E-state index contributed by atoms with van der Waals surface area (Å²) in [5.41, 5.74) is 3.37. The largest absolute Gasteiger partial charge is 0.350 e. The minimum absolute atomic E-state index is 0.602. The average molecular weight is 369 g/mol. The first-order valence-electron chi connectivity index (χ1n) is 7.35. The summed E-state index contributed by atoms with van der Waals surface area (Å²) in [6, 6.07) is 18.1. The lowest BCUT2D eigenvalue weighted by Crippen LogP contribution is -2.04. The van der Waals surface area contributed by atoms with E-state index in [1.165, 1.54) is 11.1 Å². The summed E-state index contributed by atoms with van der Waals surface area (Å²) in [5, 5.41) is 6.53. The maximum atomic E-state index is 4.49. The van der Waals surface area contributed by atoms with E-state index >= 15 is 0 Å². The van der Waals surface area contributed by atoms with Crippen LogP contribution < -0.4 is 10.6 Å². The number of hydrogen-bond donors (Lipinski definition) is 2. The van der Waals surface area contributed by atoms with Gasteiger partial charge in [0.15, 0.2) is 0 Å². The Kier molecular flexibility index (Phi) is 4.88. The van der Waals surface area contributed by atoms with Crippen LogP contribution in [0, 0.1) is 6.92 Å². The van der Waals surface area contributed by atoms with Crippen LogP contribution in [0.2, 0.25) is 0 Å². The number of aryl methyl sites for hydroxylation is 1. The van der Waals surface area contributed by atoms with Gasteiger partial charge in [-0.1, -0.05) is 52.3 Å². The van der Waals surface area contributed by atoms with Crippen LogP contribution in [0.15, 0.2) is 65.3 Å². The third-order valence-electron chi connectivity index (χ3n) is 3.39. The van der Waals surface area contributed by atoms with Crippen molar-refractivity contribution in [2.75, 3.05) is 10.6 Å². The summed E-state index contributed by atoms with van der Waals surface area (Å²) >= 11 is 3.54. The molecule has 0 aliphatic heterocycles. The topological polar surface area (TPSA) is 49.8 Å². The lowest BCUT2D eigenvalue weighted by Gasteiger charge is -2.09. The number of benzene rings is 2. The number of anilines is 3. The summed E-state index contributed by atoms with van der Waals surface area (Å²) in [7, 11) is 0. The average Bonchev–Trinajstić information content (AvgIpc) is 2.58. The fourth-order valence-corrected chi connectivity index (χ4v) is 2.49. The van der Waals surface area contributed by atoms with Crippen molar-refractivity contribution in [2.45, 2.75) is 13.5 Å². The molecule has 23 heavy (non-hydrogen) atoms. The highest BCUT2D eigenvalue weighted by Crippen LogP contribution is 2.23. The smallest absolute Gasteiger partial charge is 0.224 e. The number of nitrogens with one attached hydrogen (secondary N) is 2. The zero-order valence-electron chi connectivity index (χ0n) is 12.8. The highest BCUT2D eigenvalue weighted by molar-refractivity contribution is 9.10. The Morgan fingerprint density at radius 2 is 1.87 bits per heavy atom. The molecule has 0 fully saturated rings. The minimum atomic E-state index is 0.602. The molecule has 0 bridgehead atoms. The van der Waals surface area contributed by atoms with Crippen molar-refractivity contribution < 1.29 is 0 Å². The minimum Gasteiger partial charge on any atom is -0.350 e. The molecule has 3 rings (SSSR count). The van der Waals surface area contributed by atoms with Crippen LogP contribution in [0.1, 0.15) is 11.1 Å². The molecule has 0 aliphatic rings. The van der Waals surface area contributed by atoms with Crippen molar-refractivity contribution in [1.82, 2.24) is 9.97 Å². The van der Waals surface area contributed by atoms with Crippen molar-refractivity contribution in [1.29, 1.82) is 0 Å². The highest BCUT2D eigenvalue weighted by Gasteiger charge is 2.02. The van der Waals surface area contributed by atoms with Crippen LogP contribution >= 0.6 is 15.9 Å². The van der Waals surface area contributed by atoms with Gasteiger partial charge in [-0.05, 0) is 36.2 Å². The molecule has 5 heteroatoms. The van der Waals surface area contributed by atoms with Crippen LogP contribution in [0.5, 0.6) is 0 Å². The van der Waals surface area contributed by atoms with Crippen molar-refractivity contribution >= 4 is 33.4 Å². The van der Waals surface area contributed by atoms with Gasteiger partial charge in [-0.2, -0.15) is 4.98 Å². The molecule has 0 amide bonds. The summed E-state index contributed by atoms with van der Waals surface area (Å²) in [6.07, 6.45) is 1.74. The summed E-state index contributed by atoms with van der Waals surface area (Å²) in [4.78, 5) is 8.74. The second-order valence-electron chi connectivity index (χ2n) is 5.19. The van der Waals surface area contributed by atoms with Gasteiger partial charge in [-0.25, -0.2) is 4.98 Å². The van der Waals surface area contributed by atoms with E-state index in [2.05, 4.69) is 61.7 Å². The van der Waals surface area contributed by atoms with Gasteiger partial charge in [0.1, 0.15) is 5.82 Å². The molecule has 0 unspecified atom stereocenters. The van der Waals surface area contributed by atoms with Crippen molar-refractivity contribution in [3.63, 3.8) is 0 Å². The molecule has 4 nitrogen and oxygen atoms in total. The Balaban J connectivity index is 1.68. The monoisotopic (exact) mass is 368 g/mol. The molecule has 0 spiro atoms. The summed E-state index contributed by atoms with van der Waals surface area (Å²) in [5.74, 6) is 1.36. The zero-order chi connectivity index (χ0) is 16.1. The third kappa shape index (κ3) is 4.29. The van der Waals surface area contributed by atoms with E-state index in [9.17, 15) is 0 Å². The number of hydrogen-bond acceptors (Lipinski definition) is 4. The first-order chi connectivity index (χ1) is 11.2. The van der Waals surface area contributed by atoms with E-state index in [-0.39, 0.29) is 0 Å². The fourth-order valence-electron chi connectivity index (χ4n) is 2.11. The van der Waals surface area contributed by atoms with E-state index in [4.69, 9.17) is 0 Å². The molecule has 0 atom stereocenters. The summed E-state index contributed by atoms with van der Waals surface area (Å²) in [6.45, 7) is 2.75. The quantitative estimate of drug-likeness (QED) is 0.672. The SMILES string of the molecule is Cc1ccc(Nc2ccnc(NCc3ccccc3)n2)cc1Br. The van der Waals surface area contributed by atoms with Gasteiger partial charge in [0.05, 0.1) is 0 Å².